The number of halogens is 2. The Morgan fingerprint density at radius 2 is 2.29 bits per heavy atom. The van der Waals surface area contributed by atoms with Crippen molar-refractivity contribution in [1.29, 1.82) is 0 Å². The number of aromatic nitrogens is 1. The first-order valence-corrected chi connectivity index (χ1v) is 7.43. The molecule has 2 unspecified atom stereocenters. The van der Waals surface area contributed by atoms with Gasteiger partial charge in [0.15, 0.2) is 0 Å². The third-order valence-corrected chi connectivity index (χ3v) is 4.23. The van der Waals surface area contributed by atoms with Gasteiger partial charge in [-0.25, -0.2) is 4.98 Å². The van der Waals surface area contributed by atoms with Crippen molar-refractivity contribution in [3.8, 4) is 0 Å². The van der Waals surface area contributed by atoms with Crippen molar-refractivity contribution < 1.29 is 9.13 Å². The third-order valence-electron chi connectivity index (χ3n) is 3.86. The van der Waals surface area contributed by atoms with Crippen molar-refractivity contribution in [2.24, 2.45) is 0 Å². The van der Waals surface area contributed by atoms with E-state index in [0.717, 1.165) is 26.2 Å². The molecule has 0 amide bonds. The predicted octanol–water partition coefficient (Wildman–Crippen LogP) is 2.00. The largest absolute Gasteiger partial charge is 0.397 e. The van der Waals surface area contributed by atoms with E-state index in [1.807, 2.05) is 6.92 Å². The van der Waals surface area contributed by atoms with E-state index in [4.69, 9.17) is 22.1 Å². The molecule has 7 heteroatoms. The van der Waals surface area contributed by atoms with Crippen LogP contribution in [0.5, 0.6) is 0 Å². The van der Waals surface area contributed by atoms with Crippen LogP contribution in [0, 0.1) is 5.95 Å². The molecule has 2 atom stereocenters. The molecule has 1 aromatic rings. The Balaban J connectivity index is 2.07. The molecule has 0 aliphatic carbocycles. The number of ether oxygens (including phenoxy) is 1. The Labute approximate surface area is 129 Å². The lowest BCUT2D eigenvalue weighted by Gasteiger charge is -2.41. The van der Waals surface area contributed by atoms with Gasteiger partial charge in [0.05, 0.1) is 11.8 Å². The van der Waals surface area contributed by atoms with E-state index >= 15 is 0 Å². The van der Waals surface area contributed by atoms with Gasteiger partial charge in [0, 0.05) is 45.4 Å². The van der Waals surface area contributed by atoms with E-state index in [1.165, 1.54) is 0 Å². The number of nitrogens with zero attached hydrogens (tertiary/aromatic N) is 3. The fourth-order valence-corrected chi connectivity index (χ4v) is 2.72. The number of hydrogen-bond acceptors (Lipinski definition) is 5. The molecule has 1 fully saturated rings. The lowest BCUT2D eigenvalue weighted by Crippen LogP contribution is -2.53. The number of piperazine rings is 1. The smallest absolute Gasteiger partial charge is 0.235 e. The second kappa shape index (κ2) is 6.77. The molecule has 118 valence electrons. The van der Waals surface area contributed by atoms with Gasteiger partial charge < -0.3 is 15.4 Å². The number of rotatable bonds is 4. The van der Waals surface area contributed by atoms with E-state index in [2.05, 4.69) is 21.7 Å². The predicted molar refractivity (Wildman–Crippen MR) is 83.3 cm³/mol. The average molecular weight is 317 g/mol. The summed E-state index contributed by atoms with van der Waals surface area (Å²) in [6, 6.07) is 1.85. The second-order valence-corrected chi connectivity index (χ2v) is 5.90. The monoisotopic (exact) mass is 316 g/mol. The van der Waals surface area contributed by atoms with E-state index in [9.17, 15) is 4.39 Å². The van der Waals surface area contributed by atoms with Crippen molar-refractivity contribution in [2.75, 3.05) is 43.9 Å². The molecule has 0 aromatic carbocycles. The zero-order valence-electron chi connectivity index (χ0n) is 12.6. The van der Waals surface area contributed by atoms with Crippen LogP contribution in [0.2, 0.25) is 5.02 Å². The molecule has 0 spiro atoms. The van der Waals surface area contributed by atoms with E-state index in [1.54, 1.807) is 13.2 Å². The molecule has 1 aliphatic heterocycles. The molecular weight excluding hydrogens is 295 g/mol. The van der Waals surface area contributed by atoms with Crippen LogP contribution in [-0.4, -0.2) is 55.3 Å². The molecule has 5 nitrogen and oxygen atoms in total. The minimum Gasteiger partial charge on any atom is -0.397 e. The van der Waals surface area contributed by atoms with Crippen molar-refractivity contribution >= 4 is 23.1 Å². The Morgan fingerprint density at radius 3 is 2.86 bits per heavy atom. The third kappa shape index (κ3) is 3.75. The summed E-state index contributed by atoms with van der Waals surface area (Å²) in [4.78, 5) is 8.31. The summed E-state index contributed by atoms with van der Waals surface area (Å²) in [6.07, 6.45) is 0.200. The maximum Gasteiger partial charge on any atom is 0.235 e. The molecule has 0 saturated carbocycles. The van der Waals surface area contributed by atoms with Crippen molar-refractivity contribution in [1.82, 2.24) is 9.88 Å². The highest BCUT2D eigenvalue weighted by atomic mass is 35.5. The minimum atomic E-state index is -0.714. The highest BCUT2D eigenvalue weighted by Crippen LogP contribution is 2.27. The van der Waals surface area contributed by atoms with Gasteiger partial charge in [-0.3, -0.25) is 4.90 Å². The van der Waals surface area contributed by atoms with E-state index < -0.39 is 5.95 Å². The Morgan fingerprint density at radius 1 is 1.57 bits per heavy atom. The summed E-state index contributed by atoms with van der Waals surface area (Å²) in [5.41, 5.74) is 5.94. The van der Waals surface area contributed by atoms with Crippen LogP contribution in [0.15, 0.2) is 6.07 Å². The zero-order chi connectivity index (χ0) is 15.6. The van der Waals surface area contributed by atoms with Crippen LogP contribution < -0.4 is 10.6 Å². The second-order valence-electron chi connectivity index (χ2n) is 5.52. The van der Waals surface area contributed by atoms with Gasteiger partial charge in [-0.15, -0.1) is 0 Å². The molecule has 2 heterocycles. The first-order valence-electron chi connectivity index (χ1n) is 7.05. The Bertz CT molecular complexity index is 479. The van der Waals surface area contributed by atoms with Crippen molar-refractivity contribution in [2.45, 2.75) is 26.0 Å². The maximum absolute atomic E-state index is 13.6. The van der Waals surface area contributed by atoms with Crippen LogP contribution in [-0.2, 0) is 4.74 Å². The summed E-state index contributed by atoms with van der Waals surface area (Å²) < 4.78 is 18.9. The lowest BCUT2D eigenvalue weighted by atomic mass is 10.1. The Hall–Kier alpha value is -1.11. The number of nitrogens with two attached hydrogens (primary N) is 1. The molecule has 1 aliphatic rings. The van der Waals surface area contributed by atoms with Gasteiger partial charge in [-0.05, 0) is 13.8 Å². The molecular formula is C14H22ClFN4O. The van der Waals surface area contributed by atoms with Crippen LogP contribution in [0.3, 0.4) is 0 Å². The molecule has 2 N–H and O–H groups in total. The summed E-state index contributed by atoms with van der Waals surface area (Å²) in [5.74, 6) is -0.171. The summed E-state index contributed by atoms with van der Waals surface area (Å²) >= 11 is 5.72. The molecule has 21 heavy (non-hydrogen) atoms. The number of nitrogen functional groups attached to an aromatic ring is 1. The fourth-order valence-electron chi connectivity index (χ4n) is 2.63. The maximum atomic E-state index is 13.6. The summed E-state index contributed by atoms with van der Waals surface area (Å²) in [5, 5.41) is -0.112. The van der Waals surface area contributed by atoms with Crippen molar-refractivity contribution in [3.63, 3.8) is 0 Å². The van der Waals surface area contributed by atoms with Crippen LogP contribution in [0.4, 0.5) is 15.9 Å². The quantitative estimate of drug-likeness (QED) is 0.861. The van der Waals surface area contributed by atoms with Gasteiger partial charge in [-0.1, -0.05) is 11.6 Å². The Kier molecular flexibility index (Phi) is 5.24. The van der Waals surface area contributed by atoms with Crippen LogP contribution in [0.25, 0.3) is 0 Å². The fraction of sp³-hybridized carbons (Fsp3) is 0.643. The molecule has 1 aromatic heterocycles. The van der Waals surface area contributed by atoms with Crippen LogP contribution >= 0.6 is 11.6 Å². The van der Waals surface area contributed by atoms with E-state index in [0.29, 0.717) is 5.82 Å². The molecule has 0 radical (unpaired) electrons. The standard InChI is InChI=1S/C14H22ClFN4O/c1-9-7-19(8-10(2)21-3)4-5-20(9)12-6-11(17)13(15)14(16)18-12/h6,9-10H,4-5,7-8H2,1-3H3,(H2,17,18). The summed E-state index contributed by atoms with van der Waals surface area (Å²) in [6.45, 7) is 7.55. The first kappa shape index (κ1) is 16.3. The first-order chi connectivity index (χ1) is 9.92. The summed E-state index contributed by atoms with van der Waals surface area (Å²) in [7, 11) is 1.72. The molecule has 2 rings (SSSR count). The molecule has 1 saturated heterocycles. The topological polar surface area (TPSA) is 54.6 Å². The normalized spacial score (nSPS) is 21.6. The van der Waals surface area contributed by atoms with Crippen molar-refractivity contribution in [3.05, 3.63) is 17.0 Å². The number of pyridine rings is 1. The number of anilines is 2. The van der Waals surface area contributed by atoms with Crippen LogP contribution in [0.1, 0.15) is 13.8 Å². The SMILES string of the molecule is COC(C)CN1CCN(c2cc(N)c(Cl)c(F)n2)C(C)C1. The van der Waals surface area contributed by atoms with Gasteiger partial charge in [0.1, 0.15) is 10.8 Å². The highest BCUT2D eigenvalue weighted by Gasteiger charge is 2.26. The lowest BCUT2D eigenvalue weighted by molar-refractivity contribution is 0.0705. The van der Waals surface area contributed by atoms with Gasteiger partial charge in [0.2, 0.25) is 5.95 Å². The highest BCUT2D eigenvalue weighted by molar-refractivity contribution is 6.33. The zero-order valence-corrected chi connectivity index (χ0v) is 13.4. The van der Waals surface area contributed by atoms with Gasteiger partial charge in [-0.2, -0.15) is 4.39 Å². The van der Waals surface area contributed by atoms with Gasteiger partial charge in [0.25, 0.3) is 0 Å². The molecule has 0 bridgehead atoms. The average Bonchev–Trinajstić information content (AvgIpc) is 2.44. The minimum absolute atomic E-state index is 0.112. The van der Waals surface area contributed by atoms with Gasteiger partial charge >= 0.3 is 0 Å². The van der Waals surface area contributed by atoms with E-state index in [-0.39, 0.29) is 22.9 Å². The number of hydrogen-bond donors (Lipinski definition) is 1. The number of methoxy groups -OCH3 is 1.